The van der Waals surface area contributed by atoms with Crippen molar-refractivity contribution in [2.75, 3.05) is 6.61 Å². The summed E-state index contributed by atoms with van der Waals surface area (Å²) in [4.78, 5) is 11.5. The van der Waals surface area contributed by atoms with Crippen molar-refractivity contribution in [3.8, 4) is 5.75 Å². The Kier molecular flexibility index (Phi) is 5.05. The Morgan fingerprint density at radius 3 is 2.89 bits per heavy atom. The standard InChI is InChI=1S/C24H32O3/c1-4-5-14-26-18-7-9-19-17(15-18)6-8-21-20(19)12-13-24(3)22(21)10-11-23(24)27-16(2)25/h7,9-11,15,20-23H,4-6,8,12-14H2,1-3H3/t20?,21?,22?,23-,24-/m0/s1. The molecule has 0 bridgehead atoms. The molecule has 1 aromatic rings. The SMILES string of the molecule is CCCCOc1ccc2c(c1)CCC1C2CC[C@@]2(C)C1C=C[C@@H]2OC(C)=O. The van der Waals surface area contributed by atoms with Crippen molar-refractivity contribution in [3.63, 3.8) is 0 Å². The zero-order valence-electron chi connectivity index (χ0n) is 16.9. The average molecular weight is 369 g/mol. The van der Waals surface area contributed by atoms with Crippen LogP contribution in [-0.2, 0) is 16.0 Å². The van der Waals surface area contributed by atoms with E-state index in [0.717, 1.165) is 38.0 Å². The number of aryl methyl sites for hydroxylation is 1. The maximum absolute atomic E-state index is 11.5. The van der Waals surface area contributed by atoms with Gasteiger partial charge in [-0.3, -0.25) is 4.79 Å². The normalized spacial score (nSPS) is 33.7. The number of benzene rings is 1. The van der Waals surface area contributed by atoms with E-state index in [1.54, 1.807) is 0 Å². The number of hydrogen-bond acceptors (Lipinski definition) is 3. The molecular formula is C24H32O3. The molecule has 0 saturated heterocycles. The topological polar surface area (TPSA) is 35.5 Å². The van der Waals surface area contributed by atoms with Crippen molar-refractivity contribution in [1.82, 2.24) is 0 Å². The minimum atomic E-state index is -0.168. The molecule has 3 unspecified atom stereocenters. The Morgan fingerprint density at radius 2 is 2.11 bits per heavy atom. The van der Waals surface area contributed by atoms with Crippen LogP contribution in [0.1, 0.15) is 69.9 Å². The van der Waals surface area contributed by atoms with E-state index in [9.17, 15) is 4.79 Å². The van der Waals surface area contributed by atoms with Gasteiger partial charge in [0, 0.05) is 12.3 Å². The average Bonchev–Trinajstić information content (AvgIpc) is 2.97. The van der Waals surface area contributed by atoms with Gasteiger partial charge in [0.05, 0.1) is 6.61 Å². The predicted octanol–water partition coefficient (Wildman–Crippen LogP) is 5.43. The van der Waals surface area contributed by atoms with E-state index < -0.39 is 0 Å². The molecule has 3 nitrogen and oxygen atoms in total. The Hall–Kier alpha value is -1.77. The van der Waals surface area contributed by atoms with Gasteiger partial charge in [0.15, 0.2) is 0 Å². The minimum absolute atomic E-state index is 0.0586. The van der Waals surface area contributed by atoms with Crippen LogP contribution in [0.2, 0.25) is 0 Å². The summed E-state index contributed by atoms with van der Waals surface area (Å²) in [5.41, 5.74) is 3.07. The highest BCUT2D eigenvalue weighted by Gasteiger charge is 2.53. The monoisotopic (exact) mass is 368 g/mol. The maximum atomic E-state index is 11.5. The van der Waals surface area contributed by atoms with Gasteiger partial charge in [-0.05, 0) is 79.2 Å². The van der Waals surface area contributed by atoms with Crippen molar-refractivity contribution < 1.29 is 14.3 Å². The van der Waals surface area contributed by atoms with Crippen molar-refractivity contribution in [3.05, 3.63) is 41.5 Å². The van der Waals surface area contributed by atoms with E-state index in [2.05, 4.69) is 44.2 Å². The summed E-state index contributed by atoms with van der Waals surface area (Å²) in [6, 6.07) is 6.76. The number of ether oxygens (including phenoxy) is 2. The third-order valence-electron chi connectivity index (χ3n) is 7.20. The number of esters is 1. The second-order valence-electron chi connectivity index (χ2n) is 8.86. The Morgan fingerprint density at radius 1 is 1.26 bits per heavy atom. The van der Waals surface area contributed by atoms with Crippen LogP contribution in [0.5, 0.6) is 5.75 Å². The lowest BCUT2D eigenvalue weighted by molar-refractivity contribution is -0.152. The van der Waals surface area contributed by atoms with Gasteiger partial charge in [0.25, 0.3) is 0 Å². The van der Waals surface area contributed by atoms with Crippen LogP contribution in [0.3, 0.4) is 0 Å². The largest absolute Gasteiger partial charge is 0.494 e. The third-order valence-corrected chi connectivity index (χ3v) is 7.20. The lowest BCUT2D eigenvalue weighted by atomic mass is 9.55. The molecule has 3 aliphatic carbocycles. The van der Waals surface area contributed by atoms with Gasteiger partial charge in [0.1, 0.15) is 11.9 Å². The van der Waals surface area contributed by atoms with Gasteiger partial charge in [-0.25, -0.2) is 0 Å². The summed E-state index contributed by atoms with van der Waals surface area (Å²) in [5, 5.41) is 0. The maximum Gasteiger partial charge on any atom is 0.303 e. The van der Waals surface area contributed by atoms with E-state index in [-0.39, 0.29) is 17.5 Å². The van der Waals surface area contributed by atoms with Gasteiger partial charge < -0.3 is 9.47 Å². The van der Waals surface area contributed by atoms with E-state index in [1.165, 1.54) is 30.9 Å². The first-order chi connectivity index (χ1) is 13.0. The highest BCUT2D eigenvalue weighted by atomic mass is 16.5. The van der Waals surface area contributed by atoms with Crippen molar-refractivity contribution in [2.24, 2.45) is 17.3 Å². The smallest absolute Gasteiger partial charge is 0.303 e. The Labute approximate surface area is 163 Å². The lowest BCUT2D eigenvalue weighted by Crippen LogP contribution is -2.45. The highest BCUT2D eigenvalue weighted by Crippen LogP contribution is 2.59. The highest BCUT2D eigenvalue weighted by molar-refractivity contribution is 5.66. The van der Waals surface area contributed by atoms with E-state index in [4.69, 9.17) is 9.47 Å². The van der Waals surface area contributed by atoms with Crippen molar-refractivity contribution in [1.29, 1.82) is 0 Å². The minimum Gasteiger partial charge on any atom is -0.494 e. The second kappa shape index (κ2) is 7.33. The van der Waals surface area contributed by atoms with Crippen LogP contribution in [0.25, 0.3) is 0 Å². The number of carbonyl (C=O) groups excluding carboxylic acids is 1. The summed E-state index contributed by atoms with van der Waals surface area (Å²) >= 11 is 0. The molecule has 0 heterocycles. The first-order valence-corrected chi connectivity index (χ1v) is 10.6. The van der Waals surface area contributed by atoms with Gasteiger partial charge in [-0.1, -0.05) is 32.4 Å². The molecule has 0 spiro atoms. The quantitative estimate of drug-likeness (QED) is 0.395. The molecular weight excluding hydrogens is 336 g/mol. The molecule has 3 heteroatoms. The molecule has 5 atom stereocenters. The number of allylic oxidation sites excluding steroid dienone is 1. The molecule has 1 saturated carbocycles. The molecule has 1 aromatic carbocycles. The first kappa shape index (κ1) is 18.6. The van der Waals surface area contributed by atoms with Crippen LogP contribution >= 0.6 is 0 Å². The molecule has 0 radical (unpaired) electrons. The summed E-state index contributed by atoms with van der Waals surface area (Å²) in [7, 11) is 0. The van der Waals surface area contributed by atoms with Crippen LogP contribution in [0, 0.1) is 17.3 Å². The fourth-order valence-electron chi connectivity index (χ4n) is 5.75. The Bertz CT molecular complexity index is 737. The lowest BCUT2D eigenvalue weighted by Gasteiger charge is -2.50. The van der Waals surface area contributed by atoms with E-state index in [0.29, 0.717) is 17.8 Å². The van der Waals surface area contributed by atoms with Crippen molar-refractivity contribution in [2.45, 2.75) is 71.3 Å². The van der Waals surface area contributed by atoms with E-state index >= 15 is 0 Å². The summed E-state index contributed by atoms with van der Waals surface area (Å²) < 4.78 is 11.6. The third kappa shape index (κ3) is 3.30. The van der Waals surface area contributed by atoms with Crippen LogP contribution in [-0.4, -0.2) is 18.7 Å². The van der Waals surface area contributed by atoms with Gasteiger partial charge in [-0.2, -0.15) is 0 Å². The van der Waals surface area contributed by atoms with Gasteiger partial charge >= 0.3 is 5.97 Å². The van der Waals surface area contributed by atoms with Gasteiger partial charge in [-0.15, -0.1) is 0 Å². The first-order valence-electron chi connectivity index (χ1n) is 10.6. The molecule has 27 heavy (non-hydrogen) atoms. The predicted molar refractivity (Wildman–Crippen MR) is 107 cm³/mol. The van der Waals surface area contributed by atoms with Gasteiger partial charge in [0.2, 0.25) is 0 Å². The second-order valence-corrected chi connectivity index (χ2v) is 8.86. The van der Waals surface area contributed by atoms with Crippen LogP contribution < -0.4 is 4.74 Å². The van der Waals surface area contributed by atoms with Crippen LogP contribution in [0.4, 0.5) is 0 Å². The molecule has 146 valence electrons. The molecule has 0 N–H and O–H groups in total. The molecule has 0 amide bonds. The summed E-state index contributed by atoms with van der Waals surface area (Å²) in [6.45, 7) is 6.84. The molecule has 0 aliphatic heterocycles. The molecule has 0 aromatic heterocycles. The molecule has 4 rings (SSSR count). The van der Waals surface area contributed by atoms with E-state index in [1.807, 2.05) is 0 Å². The zero-order chi connectivity index (χ0) is 19.0. The fourth-order valence-corrected chi connectivity index (χ4v) is 5.75. The molecule has 1 fully saturated rings. The van der Waals surface area contributed by atoms with Crippen molar-refractivity contribution >= 4 is 5.97 Å². The fraction of sp³-hybridized carbons (Fsp3) is 0.625. The number of rotatable bonds is 5. The number of unbranched alkanes of at least 4 members (excludes halogenated alkanes) is 1. The Balaban J connectivity index is 1.53. The number of fused-ring (bicyclic) bond motifs is 5. The summed E-state index contributed by atoms with van der Waals surface area (Å²) in [5.74, 6) is 2.64. The number of hydrogen-bond donors (Lipinski definition) is 0. The van der Waals surface area contributed by atoms with Crippen LogP contribution in [0.15, 0.2) is 30.4 Å². The number of carbonyl (C=O) groups is 1. The zero-order valence-corrected chi connectivity index (χ0v) is 16.9. The molecule has 3 aliphatic rings. The summed E-state index contributed by atoms with van der Waals surface area (Å²) in [6.07, 6.45) is 11.3.